The lowest BCUT2D eigenvalue weighted by atomic mass is 10.2. The molecule has 0 radical (unpaired) electrons. The largest absolute Gasteiger partial charge is 0.397 e. The average molecular weight is 411 g/mol. The van der Waals surface area contributed by atoms with Crippen molar-refractivity contribution in [1.29, 1.82) is 0 Å². The normalized spacial score (nSPS) is 18.6. The molecule has 0 aliphatic carbocycles. The van der Waals surface area contributed by atoms with E-state index in [1.807, 2.05) is 44.4 Å². The second-order valence-electron chi connectivity index (χ2n) is 6.84. The number of nitrogens with one attached hydrogen (secondary N) is 1. The van der Waals surface area contributed by atoms with Gasteiger partial charge in [0.25, 0.3) is 0 Å². The maximum atomic E-state index is 12.7. The molecule has 2 rings (SSSR count). The van der Waals surface area contributed by atoms with Crippen LogP contribution >= 0.6 is 11.3 Å². The number of urea groups is 1. The van der Waals surface area contributed by atoms with Gasteiger partial charge in [-0.15, -0.1) is 11.3 Å². The van der Waals surface area contributed by atoms with E-state index in [9.17, 15) is 4.79 Å². The molecule has 3 N–H and O–H groups in total. The van der Waals surface area contributed by atoms with Gasteiger partial charge in [0.05, 0.1) is 23.7 Å². The third kappa shape index (κ3) is 6.32. The maximum absolute atomic E-state index is 12.7. The van der Waals surface area contributed by atoms with Gasteiger partial charge in [-0.05, 0) is 55.9 Å². The third-order valence-corrected chi connectivity index (χ3v) is 5.55. The highest BCUT2D eigenvalue weighted by molar-refractivity contribution is 7.11. The number of aliphatic imine (C=N–C) groups is 1. The van der Waals surface area contributed by atoms with Gasteiger partial charge in [0.2, 0.25) is 0 Å². The monoisotopic (exact) mass is 410 g/mol. The molecule has 29 heavy (non-hydrogen) atoms. The zero-order valence-electron chi connectivity index (χ0n) is 17.7. The van der Waals surface area contributed by atoms with E-state index in [1.54, 1.807) is 22.3 Å². The van der Waals surface area contributed by atoms with Gasteiger partial charge in [-0.1, -0.05) is 37.8 Å². The lowest BCUT2D eigenvalue weighted by Crippen LogP contribution is -2.38. The summed E-state index contributed by atoms with van der Waals surface area (Å²) in [5, 5.41) is 4.83. The summed E-state index contributed by atoms with van der Waals surface area (Å²) in [7, 11) is 0. The van der Waals surface area contributed by atoms with E-state index in [4.69, 9.17) is 5.73 Å². The SMILES string of the molecule is C=C(NC(=O)N1CC(=C/C)/C(=N\C(C)=C\CC)C1)/C(N)=C\C=C(/C)c1cccs1. The molecule has 0 unspecified atom stereocenters. The van der Waals surface area contributed by atoms with E-state index in [-0.39, 0.29) is 6.03 Å². The molecule has 1 aliphatic heterocycles. The molecular weight excluding hydrogens is 380 g/mol. The predicted octanol–water partition coefficient (Wildman–Crippen LogP) is 5.23. The molecule has 154 valence electrons. The minimum Gasteiger partial charge on any atom is -0.397 e. The summed E-state index contributed by atoms with van der Waals surface area (Å²) in [6.45, 7) is 12.9. The molecule has 0 bridgehead atoms. The quantitative estimate of drug-likeness (QED) is 0.630. The molecule has 1 aromatic heterocycles. The molecule has 1 aliphatic rings. The fourth-order valence-corrected chi connectivity index (χ4v) is 3.59. The first kappa shape index (κ1) is 22.4. The number of hydrogen-bond donors (Lipinski definition) is 2. The van der Waals surface area contributed by atoms with Crippen LogP contribution in [0.1, 0.15) is 39.0 Å². The molecule has 2 amide bonds. The third-order valence-electron chi connectivity index (χ3n) is 4.55. The number of amides is 2. The van der Waals surface area contributed by atoms with Crippen molar-refractivity contribution < 1.29 is 4.79 Å². The van der Waals surface area contributed by atoms with Crippen molar-refractivity contribution in [2.45, 2.75) is 34.1 Å². The Morgan fingerprint density at radius 2 is 2.14 bits per heavy atom. The van der Waals surface area contributed by atoms with E-state index in [0.29, 0.717) is 24.5 Å². The van der Waals surface area contributed by atoms with E-state index >= 15 is 0 Å². The van der Waals surface area contributed by atoms with Crippen LogP contribution < -0.4 is 11.1 Å². The Kier molecular flexibility index (Phi) is 8.21. The van der Waals surface area contributed by atoms with Gasteiger partial charge in [-0.3, -0.25) is 4.99 Å². The molecule has 0 aromatic carbocycles. The number of thiophene rings is 1. The topological polar surface area (TPSA) is 70.7 Å². The van der Waals surface area contributed by atoms with Crippen molar-refractivity contribution in [2.24, 2.45) is 10.7 Å². The molecule has 6 heteroatoms. The molecule has 1 saturated heterocycles. The van der Waals surface area contributed by atoms with Crippen LogP contribution in [0.4, 0.5) is 4.79 Å². The first-order valence-corrected chi connectivity index (χ1v) is 10.6. The van der Waals surface area contributed by atoms with E-state index in [0.717, 1.165) is 29.0 Å². The van der Waals surface area contributed by atoms with Crippen molar-refractivity contribution in [2.75, 3.05) is 13.1 Å². The van der Waals surface area contributed by atoms with Crippen LogP contribution in [0.5, 0.6) is 0 Å². The standard InChI is InChI=1S/C23H30N4OS/c1-6-9-17(4)25-21-15-27(14-19(21)7-2)23(28)26-18(5)20(24)12-11-16(3)22-10-8-13-29-22/h7-13H,5-6,14-15,24H2,1-4H3,(H,26,28)/b16-11+,17-9+,19-7-,20-12+,25-21-. The average Bonchev–Trinajstić information content (AvgIpc) is 3.35. The highest BCUT2D eigenvalue weighted by Crippen LogP contribution is 2.20. The Morgan fingerprint density at radius 1 is 1.38 bits per heavy atom. The highest BCUT2D eigenvalue weighted by Gasteiger charge is 2.27. The molecule has 0 saturated carbocycles. The van der Waals surface area contributed by atoms with Crippen molar-refractivity contribution in [1.82, 2.24) is 10.2 Å². The van der Waals surface area contributed by atoms with Gasteiger partial charge < -0.3 is 16.0 Å². The minimum atomic E-state index is -0.230. The maximum Gasteiger partial charge on any atom is 0.322 e. The van der Waals surface area contributed by atoms with Crippen molar-refractivity contribution in [3.05, 3.63) is 75.9 Å². The number of nitrogens with two attached hydrogens (primary N) is 1. The number of carbonyl (C=O) groups is 1. The Morgan fingerprint density at radius 3 is 2.76 bits per heavy atom. The first-order valence-electron chi connectivity index (χ1n) is 9.68. The summed E-state index contributed by atoms with van der Waals surface area (Å²) in [6, 6.07) is 3.84. The van der Waals surface area contributed by atoms with Gasteiger partial charge in [0, 0.05) is 17.1 Å². The number of hydrogen-bond acceptors (Lipinski definition) is 4. The summed E-state index contributed by atoms with van der Waals surface area (Å²) in [4.78, 5) is 20.2. The van der Waals surface area contributed by atoms with Crippen LogP contribution in [0.2, 0.25) is 0 Å². The molecular formula is C23H30N4OS. The Labute approximate surface area is 177 Å². The number of nitrogens with zero attached hydrogens (tertiary/aromatic N) is 2. The summed E-state index contributed by atoms with van der Waals surface area (Å²) in [6.07, 6.45) is 8.71. The molecule has 0 spiro atoms. The number of allylic oxidation sites excluding steroid dienone is 6. The molecule has 2 heterocycles. The van der Waals surface area contributed by atoms with Crippen LogP contribution in [0, 0.1) is 0 Å². The van der Waals surface area contributed by atoms with Gasteiger partial charge in [0.1, 0.15) is 0 Å². The number of likely N-dealkylation sites (tertiary alicyclic amines) is 1. The fourth-order valence-electron chi connectivity index (χ4n) is 2.88. The van der Waals surface area contributed by atoms with Gasteiger partial charge in [-0.2, -0.15) is 0 Å². The molecule has 1 fully saturated rings. The molecule has 1 aromatic rings. The van der Waals surface area contributed by atoms with Gasteiger partial charge >= 0.3 is 6.03 Å². The Bertz CT molecular complexity index is 901. The van der Waals surface area contributed by atoms with Crippen molar-refractivity contribution >= 4 is 28.7 Å². The van der Waals surface area contributed by atoms with Crippen LogP contribution in [0.15, 0.2) is 76.1 Å². The lowest BCUT2D eigenvalue weighted by molar-refractivity contribution is 0.215. The van der Waals surface area contributed by atoms with Crippen LogP contribution in [0.3, 0.4) is 0 Å². The number of carbonyl (C=O) groups excluding carboxylic acids is 1. The molecule has 5 nitrogen and oxygen atoms in total. The smallest absolute Gasteiger partial charge is 0.322 e. The highest BCUT2D eigenvalue weighted by atomic mass is 32.1. The van der Waals surface area contributed by atoms with E-state index < -0.39 is 0 Å². The van der Waals surface area contributed by atoms with E-state index in [2.05, 4.69) is 36.0 Å². The van der Waals surface area contributed by atoms with Gasteiger partial charge in [0.15, 0.2) is 0 Å². The summed E-state index contributed by atoms with van der Waals surface area (Å²) in [5.41, 5.74) is 11.0. The summed E-state index contributed by atoms with van der Waals surface area (Å²) in [5.74, 6) is 0. The van der Waals surface area contributed by atoms with Crippen molar-refractivity contribution in [3.8, 4) is 0 Å². The van der Waals surface area contributed by atoms with Crippen LogP contribution in [0.25, 0.3) is 5.57 Å². The zero-order valence-corrected chi connectivity index (χ0v) is 18.5. The summed E-state index contributed by atoms with van der Waals surface area (Å²) < 4.78 is 0. The zero-order chi connectivity index (χ0) is 21.4. The second-order valence-corrected chi connectivity index (χ2v) is 7.79. The predicted molar refractivity (Wildman–Crippen MR) is 125 cm³/mol. The van der Waals surface area contributed by atoms with Crippen molar-refractivity contribution in [3.63, 3.8) is 0 Å². The van der Waals surface area contributed by atoms with E-state index in [1.165, 1.54) is 4.88 Å². The van der Waals surface area contributed by atoms with Crippen LogP contribution in [-0.4, -0.2) is 29.7 Å². The Balaban J connectivity index is 2.02. The van der Waals surface area contributed by atoms with Crippen LogP contribution in [-0.2, 0) is 0 Å². The van der Waals surface area contributed by atoms with Gasteiger partial charge in [-0.25, -0.2) is 4.79 Å². The first-order chi connectivity index (χ1) is 13.8. The second kappa shape index (κ2) is 10.6. The number of rotatable bonds is 6. The Hall–Kier alpha value is -2.86. The minimum absolute atomic E-state index is 0.230. The summed E-state index contributed by atoms with van der Waals surface area (Å²) >= 11 is 1.67. The fraction of sp³-hybridized carbons (Fsp3) is 0.304. The molecule has 0 atom stereocenters. The lowest BCUT2D eigenvalue weighted by Gasteiger charge is -2.17.